The average Bonchev–Trinajstić information content (AvgIpc) is 2.04. The summed E-state index contributed by atoms with van der Waals surface area (Å²) in [5.74, 6) is 0.451. The maximum Gasteiger partial charge on any atom is 0.147 e. The maximum atomic E-state index is 11.5. The van der Waals surface area contributed by atoms with E-state index in [1.807, 2.05) is 13.8 Å². The van der Waals surface area contributed by atoms with Crippen LogP contribution in [0.5, 0.6) is 0 Å². The fourth-order valence-corrected chi connectivity index (χ4v) is 2.13. The van der Waals surface area contributed by atoms with Crippen LogP contribution >= 0.6 is 0 Å². The lowest BCUT2D eigenvalue weighted by molar-refractivity contribution is -0.123. The summed E-state index contributed by atoms with van der Waals surface area (Å²) in [4.78, 5) is 11.5. The molecule has 3 nitrogen and oxygen atoms in total. The van der Waals surface area contributed by atoms with E-state index in [0.717, 1.165) is 12.8 Å². The van der Waals surface area contributed by atoms with Crippen molar-refractivity contribution in [1.82, 2.24) is 0 Å². The maximum absolute atomic E-state index is 11.5. The van der Waals surface area contributed by atoms with Crippen LogP contribution in [0, 0.1) is 5.92 Å². The van der Waals surface area contributed by atoms with Crippen LogP contribution in [0.4, 0.5) is 0 Å². The molecular formula is C10H20O3S. The first kappa shape index (κ1) is 13.6. The van der Waals surface area contributed by atoms with E-state index in [4.69, 9.17) is 0 Å². The highest BCUT2D eigenvalue weighted by Gasteiger charge is 2.14. The average molecular weight is 220 g/mol. The van der Waals surface area contributed by atoms with Crippen LogP contribution in [0.2, 0.25) is 0 Å². The molecule has 0 N–H and O–H groups in total. The van der Waals surface area contributed by atoms with Crippen LogP contribution in [0.1, 0.15) is 39.5 Å². The Labute approximate surface area is 86.8 Å². The van der Waals surface area contributed by atoms with Crippen molar-refractivity contribution in [2.24, 2.45) is 5.92 Å². The standard InChI is InChI=1S/C10H20O3S/c1-4-9(5-2)10(11)7-6-8-14(3,12)13/h9H,4-8H2,1-3H3. The fourth-order valence-electron chi connectivity index (χ4n) is 1.46. The Morgan fingerprint density at radius 2 is 1.71 bits per heavy atom. The molecule has 0 atom stereocenters. The van der Waals surface area contributed by atoms with Crippen molar-refractivity contribution in [2.75, 3.05) is 12.0 Å². The minimum absolute atomic E-state index is 0.120. The molecule has 0 rings (SSSR count). The molecule has 0 unspecified atom stereocenters. The van der Waals surface area contributed by atoms with E-state index < -0.39 is 9.84 Å². The van der Waals surface area contributed by atoms with E-state index in [0.29, 0.717) is 12.8 Å². The summed E-state index contributed by atoms with van der Waals surface area (Å²) in [5, 5.41) is 0. The van der Waals surface area contributed by atoms with Gasteiger partial charge in [0.05, 0.1) is 5.75 Å². The third-order valence-electron chi connectivity index (χ3n) is 2.38. The normalized spacial score (nSPS) is 12.0. The molecule has 0 aliphatic heterocycles. The van der Waals surface area contributed by atoms with Gasteiger partial charge in [0.1, 0.15) is 15.6 Å². The summed E-state index contributed by atoms with van der Waals surface area (Å²) in [6, 6.07) is 0. The van der Waals surface area contributed by atoms with Gasteiger partial charge in [-0.15, -0.1) is 0 Å². The van der Waals surface area contributed by atoms with Gasteiger partial charge in [-0.05, 0) is 19.3 Å². The molecule has 0 amide bonds. The van der Waals surface area contributed by atoms with Gasteiger partial charge in [-0.3, -0.25) is 4.79 Å². The van der Waals surface area contributed by atoms with Crippen molar-refractivity contribution in [3.63, 3.8) is 0 Å². The summed E-state index contributed by atoms with van der Waals surface area (Å²) < 4.78 is 21.6. The van der Waals surface area contributed by atoms with Gasteiger partial charge in [0, 0.05) is 18.6 Å². The van der Waals surface area contributed by atoms with Crippen molar-refractivity contribution < 1.29 is 13.2 Å². The van der Waals surface area contributed by atoms with Gasteiger partial charge in [0.15, 0.2) is 0 Å². The molecule has 0 aromatic rings. The largest absolute Gasteiger partial charge is 0.299 e. The zero-order chi connectivity index (χ0) is 11.2. The molecule has 4 heteroatoms. The molecule has 0 spiro atoms. The van der Waals surface area contributed by atoms with Gasteiger partial charge in [0.2, 0.25) is 0 Å². The molecule has 0 aliphatic rings. The highest BCUT2D eigenvalue weighted by molar-refractivity contribution is 7.90. The summed E-state index contributed by atoms with van der Waals surface area (Å²) in [6.45, 7) is 3.98. The van der Waals surface area contributed by atoms with Gasteiger partial charge >= 0.3 is 0 Å². The lowest BCUT2D eigenvalue weighted by Crippen LogP contribution is -2.14. The van der Waals surface area contributed by atoms with Crippen LogP contribution in [-0.2, 0) is 14.6 Å². The van der Waals surface area contributed by atoms with E-state index in [1.165, 1.54) is 6.26 Å². The Kier molecular flexibility index (Phi) is 6.00. The number of ketones is 1. The molecule has 0 aromatic carbocycles. The second-order valence-electron chi connectivity index (χ2n) is 3.71. The highest BCUT2D eigenvalue weighted by Crippen LogP contribution is 2.12. The zero-order valence-electron chi connectivity index (χ0n) is 9.25. The minimum Gasteiger partial charge on any atom is -0.299 e. The predicted octanol–water partition coefficient (Wildman–Crippen LogP) is 1.82. The molecule has 14 heavy (non-hydrogen) atoms. The molecule has 0 aliphatic carbocycles. The summed E-state index contributed by atoms with van der Waals surface area (Å²) in [7, 11) is -2.91. The van der Waals surface area contributed by atoms with Crippen molar-refractivity contribution in [3.8, 4) is 0 Å². The van der Waals surface area contributed by atoms with Crippen LogP contribution in [0.3, 0.4) is 0 Å². The van der Waals surface area contributed by atoms with E-state index in [1.54, 1.807) is 0 Å². The molecule has 0 saturated carbocycles. The number of rotatable bonds is 7. The zero-order valence-corrected chi connectivity index (χ0v) is 10.1. The van der Waals surface area contributed by atoms with Crippen LogP contribution in [-0.4, -0.2) is 26.2 Å². The van der Waals surface area contributed by atoms with Crippen molar-refractivity contribution in [3.05, 3.63) is 0 Å². The monoisotopic (exact) mass is 220 g/mol. The molecule has 0 heterocycles. The first-order valence-electron chi connectivity index (χ1n) is 5.11. The van der Waals surface area contributed by atoms with Crippen molar-refractivity contribution >= 4 is 15.6 Å². The van der Waals surface area contributed by atoms with E-state index in [2.05, 4.69) is 0 Å². The highest BCUT2D eigenvalue weighted by atomic mass is 32.2. The Bertz CT molecular complexity index is 263. The third kappa shape index (κ3) is 6.13. The molecule has 0 radical (unpaired) electrons. The van der Waals surface area contributed by atoms with Crippen molar-refractivity contribution in [1.29, 1.82) is 0 Å². The van der Waals surface area contributed by atoms with Crippen LogP contribution in [0.15, 0.2) is 0 Å². The van der Waals surface area contributed by atoms with Crippen molar-refractivity contribution in [2.45, 2.75) is 39.5 Å². The number of Topliss-reactive ketones (excluding diaryl/α,β-unsaturated/α-hetero) is 1. The predicted molar refractivity (Wildman–Crippen MR) is 58.0 cm³/mol. The molecule has 0 fully saturated rings. The van der Waals surface area contributed by atoms with Gasteiger partial charge in [-0.2, -0.15) is 0 Å². The second-order valence-corrected chi connectivity index (χ2v) is 5.97. The van der Waals surface area contributed by atoms with E-state index in [9.17, 15) is 13.2 Å². The summed E-state index contributed by atoms with van der Waals surface area (Å²) in [5.41, 5.74) is 0. The van der Waals surface area contributed by atoms with Crippen LogP contribution < -0.4 is 0 Å². The number of hydrogen-bond donors (Lipinski definition) is 0. The second kappa shape index (κ2) is 6.17. The Morgan fingerprint density at radius 1 is 1.21 bits per heavy atom. The smallest absolute Gasteiger partial charge is 0.147 e. The van der Waals surface area contributed by atoms with Crippen LogP contribution in [0.25, 0.3) is 0 Å². The Hall–Kier alpha value is -0.380. The summed E-state index contributed by atoms with van der Waals surface area (Å²) >= 11 is 0. The third-order valence-corrected chi connectivity index (χ3v) is 3.41. The number of carbonyl (C=O) groups excluding carboxylic acids is 1. The Balaban J connectivity index is 3.85. The quantitative estimate of drug-likeness (QED) is 0.657. The number of sulfone groups is 1. The van der Waals surface area contributed by atoms with E-state index >= 15 is 0 Å². The van der Waals surface area contributed by atoms with Gasteiger partial charge in [0.25, 0.3) is 0 Å². The van der Waals surface area contributed by atoms with Gasteiger partial charge in [-0.25, -0.2) is 8.42 Å². The SMILES string of the molecule is CCC(CC)C(=O)CCCS(C)(=O)=O. The first-order valence-corrected chi connectivity index (χ1v) is 7.17. The molecule has 0 bridgehead atoms. The minimum atomic E-state index is -2.91. The topological polar surface area (TPSA) is 51.2 Å². The lowest BCUT2D eigenvalue weighted by atomic mass is 9.95. The van der Waals surface area contributed by atoms with Gasteiger partial charge < -0.3 is 0 Å². The fraction of sp³-hybridized carbons (Fsp3) is 0.900. The molecule has 0 saturated heterocycles. The Morgan fingerprint density at radius 3 is 2.07 bits per heavy atom. The van der Waals surface area contributed by atoms with Gasteiger partial charge in [-0.1, -0.05) is 13.8 Å². The molecule has 0 aromatic heterocycles. The molecular weight excluding hydrogens is 200 g/mol. The molecule has 84 valence electrons. The van der Waals surface area contributed by atoms with E-state index in [-0.39, 0.29) is 17.5 Å². The lowest BCUT2D eigenvalue weighted by Gasteiger charge is -2.09. The number of hydrogen-bond acceptors (Lipinski definition) is 3. The first-order chi connectivity index (χ1) is 6.40. The number of carbonyl (C=O) groups is 1. The summed E-state index contributed by atoms with van der Waals surface area (Å²) in [6.07, 6.45) is 3.78.